The molecule has 1 N–H and O–H groups in total. The van der Waals surface area contributed by atoms with Crippen molar-refractivity contribution in [1.82, 2.24) is 10.2 Å². The first-order valence-corrected chi connectivity index (χ1v) is 7.79. The molecular formula is C13H25N3S. The van der Waals surface area contributed by atoms with Crippen LogP contribution in [0.3, 0.4) is 0 Å². The second-order valence-corrected chi connectivity index (χ2v) is 6.61. The maximum absolute atomic E-state index is 4.69. The van der Waals surface area contributed by atoms with E-state index in [-0.39, 0.29) is 0 Å². The molecule has 2 aliphatic rings. The quantitative estimate of drug-likeness (QED) is 0.816. The molecule has 4 heteroatoms. The summed E-state index contributed by atoms with van der Waals surface area (Å²) in [6, 6.07) is 1.47. The molecule has 1 atom stereocenters. The lowest BCUT2D eigenvalue weighted by Gasteiger charge is -2.28. The van der Waals surface area contributed by atoms with Crippen molar-refractivity contribution in [1.29, 1.82) is 0 Å². The van der Waals surface area contributed by atoms with E-state index in [1.165, 1.54) is 30.2 Å². The van der Waals surface area contributed by atoms with E-state index in [0.717, 1.165) is 19.1 Å². The fourth-order valence-corrected chi connectivity index (χ4v) is 3.14. The van der Waals surface area contributed by atoms with Crippen LogP contribution in [0.25, 0.3) is 0 Å². The molecule has 0 aromatic heterocycles. The summed E-state index contributed by atoms with van der Waals surface area (Å²) in [6.45, 7) is 6.61. The molecule has 0 radical (unpaired) electrons. The standard InChI is InChI=1S/C13H25N3S/c1-10(2)12-6-9-17-13(15-12)14-7-8-16(3)11-4-5-11/h10-12H,4-9H2,1-3H3,(H,14,15). The number of nitrogens with one attached hydrogen (secondary N) is 1. The SMILES string of the molecule is CC(C)C1CCSC(=NCCN(C)C2CC2)N1. The summed E-state index contributed by atoms with van der Waals surface area (Å²) < 4.78 is 0. The largest absolute Gasteiger partial charge is 0.362 e. The van der Waals surface area contributed by atoms with Crippen molar-refractivity contribution >= 4 is 16.9 Å². The van der Waals surface area contributed by atoms with E-state index in [1.807, 2.05) is 11.8 Å². The third-order valence-corrected chi connectivity index (χ3v) is 4.62. The summed E-state index contributed by atoms with van der Waals surface area (Å²) in [5.41, 5.74) is 0. The third-order valence-electron chi connectivity index (χ3n) is 3.66. The molecule has 0 aromatic carbocycles. The zero-order chi connectivity index (χ0) is 12.3. The van der Waals surface area contributed by atoms with Gasteiger partial charge < -0.3 is 10.2 Å². The van der Waals surface area contributed by atoms with Gasteiger partial charge in [-0.15, -0.1) is 0 Å². The smallest absolute Gasteiger partial charge is 0.156 e. The van der Waals surface area contributed by atoms with Crippen molar-refractivity contribution in [3.05, 3.63) is 0 Å². The van der Waals surface area contributed by atoms with Gasteiger partial charge in [0, 0.05) is 24.4 Å². The Balaban J connectivity index is 1.72. The molecule has 0 bridgehead atoms. The minimum Gasteiger partial charge on any atom is -0.362 e. The van der Waals surface area contributed by atoms with Crippen molar-refractivity contribution in [3.8, 4) is 0 Å². The highest BCUT2D eigenvalue weighted by Crippen LogP contribution is 2.25. The molecule has 1 saturated heterocycles. The number of likely N-dealkylation sites (N-methyl/N-ethyl adjacent to an activating group) is 1. The predicted octanol–water partition coefficient (Wildman–Crippen LogP) is 2.19. The van der Waals surface area contributed by atoms with Gasteiger partial charge in [0.15, 0.2) is 5.17 Å². The van der Waals surface area contributed by atoms with Crippen LogP contribution < -0.4 is 5.32 Å². The molecule has 2 rings (SSSR count). The van der Waals surface area contributed by atoms with E-state index >= 15 is 0 Å². The van der Waals surface area contributed by atoms with Gasteiger partial charge in [0.2, 0.25) is 0 Å². The van der Waals surface area contributed by atoms with Crippen LogP contribution in [-0.4, -0.2) is 48.0 Å². The Kier molecular flexibility index (Phi) is 4.74. The lowest BCUT2D eigenvalue weighted by atomic mass is 10.0. The highest BCUT2D eigenvalue weighted by Gasteiger charge is 2.25. The number of thioether (sulfide) groups is 1. The van der Waals surface area contributed by atoms with Gasteiger partial charge in [-0.3, -0.25) is 4.99 Å². The second kappa shape index (κ2) is 6.10. The Bertz CT molecular complexity index is 274. The Morgan fingerprint density at radius 1 is 1.41 bits per heavy atom. The first-order chi connectivity index (χ1) is 8.16. The molecule has 1 aliphatic carbocycles. The first kappa shape index (κ1) is 13.2. The van der Waals surface area contributed by atoms with E-state index in [4.69, 9.17) is 4.99 Å². The van der Waals surface area contributed by atoms with Crippen molar-refractivity contribution < 1.29 is 0 Å². The van der Waals surface area contributed by atoms with Gasteiger partial charge in [0.1, 0.15) is 0 Å². The zero-order valence-corrected chi connectivity index (χ0v) is 12.1. The zero-order valence-electron chi connectivity index (χ0n) is 11.3. The first-order valence-electron chi connectivity index (χ1n) is 6.81. The van der Waals surface area contributed by atoms with Crippen molar-refractivity contribution in [2.75, 3.05) is 25.9 Å². The fraction of sp³-hybridized carbons (Fsp3) is 0.923. The Morgan fingerprint density at radius 2 is 2.18 bits per heavy atom. The number of amidine groups is 1. The van der Waals surface area contributed by atoms with Gasteiger partial charge in [-0.1, -0.05) is 25.6 Å². The van der Waals surface area contributed by atoms with Gasteiger partial charge in [0.05, 0.1) is 6.54 Å². The van der Waals surface area contributed by atoms with Crippen LogP contribution in [0, 0.1) is 5.92 Å². The van der Waals surface area contributed by atoms with E-state index in [0.29, 0.717) is 12.0 Å². The van der Waals surface area contributed by atoms with Crippen LogP contribution in [0.4, 0.5) is 0 Å². The molecule has 0 spiro atoms. The average Bonchev–Trinajstić information content (AvgIpc) is 3.13. The van der Waals surface area contributed by atoms with Crippen LogP contribution in [0.5, 0.6) is 0 Å². The van der Waals surface area contributed by atoms with Crippen molar-refractivity contribution in [2.45, 2.75) is 45.2 Å². The molecule has 0 aromatic rings. The van der Waals surface area contributed by atoms with Crippen LogP contribution in [0.2, 0.25) is 0 Å². The van der Waals surface area contributed by atoms with Gasteiger partial charge in [-0.2, -0.15) is 0 Å². The minimum atomic E-state index is 0.621. The molecule has 1 saturated carbocycles. The second-order valence-electron chi connectivity index (χ2n) is 5.53. The van der Waals surface area contributed by atoms with Gasteiger partial charge in [0.25, 0.3) is 0 Å². The van der Waals surface area contributed by atoms with Gasteiger partial charge in [-0.25, -0.2) is 0 Å². The van der Waals surface area contributed by atoms with E-state index in [1.54, 1.807) is 0 Å². The lowest BCUT2D eigenvalue weighted by molar-refractivity contribution is 0.333. The van der Waals surface area contributed by atoms with Gasteiger partial charge >= 0.3 is 0 Å². The molecule has 17 heavy (non-hydrogen) atoms. The maximum Gasteiger partial charge on any atom is 0.156 e. The van der Waals surface area contributed by atoms with Crippen LogP contribution >= 0.6 is 11.8 Å². The minimum absolute atomic E-state index is 0.621. The summed E-state index contributed by atoms with van der Waals surface area (Å²) in [5.74, 6) is 1.92. The number of hydrogen-bond donors (Lipinski definition) is 1. The molecule has 98 valence electrons. The summed E-state index contributed by atoms with van der Waals surface area (Å²) in [4.78, 5) is 7.13. The normalized spacial score (nSPS) is 27.8. The monoisotopic (exact) mass is 255 g/mol. The summed E-state index contributed by atoms with van der Waals surface area (Å²) in [7, 11) is 2.22. The van der Waals surface area contributed by atoms with E-state index in [2.05, 4.69) is 31.1 Å². The van der Waals surface area contributed by atoms with Crippen LogP contribution in [0.1, 0.15) is 33.1 Å². The predicted molar refractivity (Wildman–Crippen MR) is 76.8 cm³/mol. The molecule has 1 heterocycles. The fourth-order valence-electron chi connectivity index (χ4n) is 2.15. The van der Waals surface area contributed by atoms with Gasteiger partial charge in [-0.05, 0) is 32.2 Å². The van der Waals surface area contributed by atoms with E-state index < -0.39 is 0 Å². The summed E-state index contributed by atoms with van der Waals surface area (Å²) in [5, 5.41) is 4.73. The molecule has 0 amide bonds. The van der Waals surface area contributed by atoms with Crippen LogP contribution in [-0.2, 0) is 0 Å². The Morgan fingerprint density at radius 3 is 2.82 bits per heavy atom. The van der Waals surface area contributed by atoms with Crippen molar-refractivity contribution in [3.63, 3.8) is 0 Å². The molecule has 3 nitrogen and oxygen atoms in total. The topological polar surface area (TPSA) is 27.6 Å². The van der Waals surface area contributed by atoms with E-state index in [9.17, 15) is 0 Å². The highest BCUT2D eigenvalue weighted by atomic mass is 32.2. The number of rotatable bonds is 5. The lowest BCUT2D eigenvalue weighted by Crippen LogP contribution is -2.41. The third kappa shape index (κ3) is 4.18. The number of hydrogen-bond acceptors (Lipinski definition) is 3. The Labute approximate surface area is 109 Å². The number of aliphatic imine (C=N–C) groups is 1. The average molecular weight is 255 g/mol. The van der Waals surface area contributed by atoms with Crippen molar-refractivity contribution in [2.24, 2.45) is 10.9 Å². The highest BCUT2D eigenvalue weighted by molar-refractivity contribution is 8.13. The summed E-state index contributed by atoms with van der Waals surface area (Å²) in [6.07, 6.45) is 4.04. The molecule has 1 unspecified atom stereocenters. The molecule has 1 aliphatic heterocycles. The molecular weight excluding hydrogens is 230 g/mol. The van der Waals surface area contributed by atoms with Crippen LogP contribution in [0.15, 0.2) is 4.99 Å². The Hall–Kier alpha value is -0.220. The molecule has 2 fully saturated rings. The summed E-state index contributed by atoms with van der Waals surface area (Å²) >= 11 is 1.88. The maximum atomic E-state index is 4.69. The number of nitrogens with zero attached hydrogens (tertiary/aromatic N) is 2.